The number of unbranched alkanes of at least 4 members (excludes halogenated alkanes) is 2. The van der Waals surface area contributed by atoms with Crippen molar-refractivity contribution < 1.29 is 5.11 Å². The highest BCUT2D eigenvalue weighted by Gasteiger charge is 2.09. The predicted molar refractivity (Wildman–Crippen MR) is 85.0 cm³/mol. The van der Waals surface area contributed by atoms with Crippen LogP contribution in [0.5, 0.6) is 0 Å². The molecule has 0 radical (unpaired) electrons. The van der Waals surface area contributed by atoms with Gasteiger partial charge in [0.1, 0.15) is 0 Å². The summed E-state index contributed by atoms with van der Waals surface area (Å²) in [5, 5.41) is 12.2. The highest BCUT2D eigenvalue weighted by atomic mass is 16.2. The predicted octanol–water partition coefficient (Wildman–Crippen LogP) is 3.25. The first kappa shape index (κ1) is 15.3. The second-order valence-corrected chi connectivity index (χ2v) is 5.74. The number of nitrogens with one attached hydrogen (secondary N) is 1. The van der Waals surface area contributed by atoms with Crippen molar-refractivity contribution in [2.75, 3.05) is 31.6 Å². The maximum atomic E-state index is 8.72. The van der Waals surface area contributed by atoms with Crippen molar-refractivity contribution in [3.8, 4) is 0 Å². The van der Waals surface area contributed by atoms with Gasteiger partial charge >= 0.3 is 0 Å². The van der Waals surface area contributed by atoms with Crippen LogP contribution in [-0.4, -0.2) is 36.2 Å². The first-order chi connectivity index (χ1) is 9.88. The zero-order valence-electron chi connectivity index (χ0n) is 12.5. The van der Waals surface area contributed by atoms with Crippen molar-refractivity contribution in [2.24, 2.45) is 0 Å². The van der Waals surface area contributed by atoms with E-state index in [1.807, 2.05) is 0 Å². The third-order valence-electron chi connectivity index (χ3n) is 3.97. The van der Waals surface area contributed by atoms with Gasteiger partial charge in [0, 0.05) is 25.4 Å². The van der Waals surface area contributed by atoms with E-state index >= 15 is 0 Å². The number of nitrogens with zero attached hydrogens (tertiary/aromatic N) is 1. The Balaban J connectivity index is 1.69. The molecule has 0 saturated carbocycles. The SMILES string of the molecule is OCCCCCNc1ccc(CN2CCCCC2)cc1. The van der Waals surface area contributed by atoms with Crippen LogP contribution in [0.25, 0.3) is 0 Å². The van der Waals surface area contributed by atoms with Crippen molar-refractivity contribution in [1.29, 1.82) is 0 Å². The minimum Gasteiger partial charge on any atom is -0.396 e. The van der Waals surface area contributed by atoms with Crippen LogP contribution >= 0.6 is 0 Å². The number of aliphatic hydroxyl groups excluding tert-OH is 1. The Morgan fingerprint density at radius 3 is 2.40 bits per heavy atom. The number of hydrogen-bond donors (Lipinski definition) is 2. The summed E-state index contributed by atoms with van der Waals surface area (Å²) in [5.74, 6) is 0. The van der Waals surface area contributed by atoms with Crippen molar-refractivity contribution in [1.82, 2.24) is 4.90 Å². The van der Waals surface area contributed by atoms with Crippen LogP contribution in [0.4, 0.5) is 5.69 Å². The molecule has 1 heterocycles. The van der Waals surface area contributed by atoms with E-state index in [0.29, 0.717) is 6.61 Å². The first-order valence-corrected chi connectivity index (χ1v) is 8.04. The first-order valence-electron chi connectivity index (χ1n) is 8.04. The maximum Gasteiger partial charge on any atom is 0.0431 e. The number of piperidine rings is 1. The summed E-state index contributed by atoms with van der Waals surface area (Å²) < 4.78 is 0. The Bertz CT molecular complexity index is 358. The van der Waals surface area contributed by atoms with Crippen LogP contribution in [0.1, 0.15) is 44.1 Å². The van der Waals surface area contributed by atoms with E-state index in [0.717, 1.165) is 32.4 Å². The van der Waals surface area contributed by atoms with Gasteiger partial charge in [-0.25, -0.2) is 0 Å². The molecule has 0 unspecified atom stereocenters. The van der Waals surface area contributed by atoms with E-state index in [-0.39, 0.29) is 0 Å². The van der Waals surface area contributed by atoms with E-state index in [9.17, 15) is 0 Å². The molecule has 3 heteroatoms. The second-order valence-electron chi connectivity index (χ2n) is 5.74. The lowest BCUT2D eigenvalue weighted by Crippen LogP contribution is -2.29. The molecule has 2 rings (SSSR count). The lowest BCUT2D eigenvalue weighted by Gasteiger charge is -2.26. The highest BCUT2D eigenvalue weighted by Crippen LogP contribution is 2.15. The molecular weight excluding hydrogens is 248 g/mol. The Morgan fingerprint density at radius 1 is 0.950 bits per heavy atom. The Kier molecular flexibility index (Phi) is 6.89. The summed E-state index contributed by atoms with van der Waals surface area (Å²) >= 11 is 0. The Labute approximate surface area is 123 Å². The van der Waals surface area contributed by atoms with Crippen molar-refractivity contribution in [3.05, 3.63) is 29.8 Å². The molecule has 1 aromatic rings. The molecule has 0 aliphatic carbocycles. The van der Waals surface area contributed by atoms with Gasteiger partial charge in [-0.15, -0.1) is 0 Å². The molecule has 1 aliphatic heterocycles. The van der Waals surface area contributed by atoms with Gasteiger partial charge in [0.15, 0.2) is 0 Å². The van der Waals surface area contributed by atoms with Crippen LogP contribution in [0.15, 0.2) is 24.3 Å². The molecule has 1 fully saturated rings. The van der Waals surface area contributed by atoms with Crippen LogP contribution in [0.3, 0.4) is 0 Å². The van der Waals surface area contributed by atoms with Gasteiger partial charge in [-0.05, 0) is 62.9 Å². The number of likely N-dealkylation sites (tertiary alicyclic amines) is 1. The van der Waals surface area contributed by atoms with Crippen LogP contribution in [-0.2, 0) is 6.54 Å². The molecule has 20 heavy (non-hydrogen) atoms. The van der Waals surface area contributed by atoms with Crippen LogP contribution in [0, 0.1) is 0 Å². The van der Waals surface area contributed by atoms with Crippen molar-refractivity contribution in [2.45, 2.75) is 45.1 Å². The van der Waals surface area contributed by atoms with Gasteiger partial charge in [0.2, 0.25) is 0 Å². The summed E-state index contributed by atoms with van der Waals surface area (Å²) in [7, 11) is 0. The van der Waals surface area contributed by atoms with Gasteiger partial charge in [-0.1, -0.05) is 18.6 Å². The van der Waals surface area contributed by atoms with E-state index in [2.05, 4.69) is 34.5 Å². The molecule has 1 saturated heterocycles. The van der Waals surface area contributed by atoms with Crippen molar-refractivity contribution in [3.63, 3.8) is 0 Å². The minimum absolute atomic E-state index is 0.311. The number of anilines is 1. The molecule has 0 aromatic heterocycles. The number of aliphatic hydroxyl groups is 1. The molecule has 112 valence electrons. The maximum absolute atomic E-state index is 8.72. The number of benzene rings is 1. The summed E-state index contributed by atoms with van der Waals surface area (Å²) in [5.41, 5.74) is 2.62. The minimum atomic E-state index is 0.311. The molecule has 1 aromatic carbocycles. The van der Waals surface area contributed by atoms with Gasteiger partial charge in [0.25, 0.3) is 0 Å². The van der Waals surface area contributed by atoms with Gasteiger partial charge in [-0.3, -0.25) is 4.90 Å². The smallest absolute Gasteiger partial charge is 0.0431 e. The topological polar surface area (TPSA) is 35.5 Å². The molecule has 2 N–H and O–H groups in total. The fraction of sp³-hybridized carbons (Fsp3) is 0.647. The average molecular weight is 276 g/mol. The van der Waals surface area contributed by atoms with Crippen LogP contribution < -0.4 is 5.32 Å². The summed E-state index contributed by atoms with van der Waals surface area (Å²) in [6, 6.07) is 8.85. The summed E-state index contributed by atoms with van der Waals surface area (Å²) in [6.45, 7) is 4.91. The molecule has 0 atom stereocenters. The molecule has 0 spiro atoms. The third kappa shape index (κ3) is 5.51. The monoisotopic (exact) mass is 276 g/mol. The van der Waals surface area contributed by atoms with Gasteiger partial charge in [-0.2, -0.15) is 0 Å². The quantitative estimate of drug-likeness (QED) is 0.716. The zero-order valence-corrected chi connectivity index (χ0v) is 12.5. The average Bonchev–Trinajstić information content (AvgIpc) is 2.50. The summed E-state index contributed by atoms with van der Waals surface area (Å²) in [4.78, 5) is 2.56. The largest absolute Gasteiger partial charge is 0.396 e. The lowest BCUT2D eigenvalue weighted by atomic mass is 10.1. The molecule has 0 amide bonds. The second kappa shape index (κ2) is 8.98. The van der Waals surface area contributed by atoms with E-state index < -0.39 is 0 Å². The van der Waals surface area contributed by atoms with Gasteiger partial charge in [0.05, 0.1) is 0 Å². The Hall–Kier alpha value is -1.06. The lowest BCUT2D eigenvalue weighted by molar-refractivity contribution is 0.221. The van der Waals surface area contributed by atoms with Crippen LogP contribution in [0.2, 0.25) is 0 Å². The fourth-order valence-corrected chi connectivity index (χ4v) is 2.75. The van der Waals surface area contributed by atoms with Gasteiger partial charge < -0.3 is 10.4 Å². The molecule has 3 nitrogen and oxygen atoms in total. The third-order valence-corrected chi connectivity index (χ3v) is 3.97. The standard InChI is InChI=1S/C17H28N2O/c20-14-6-1-3-11-18-17-9-7-16(8-10-17)15-19-12-4-2-5-13-19/h7-10,18,20H,1-6,11-15H2. The van der Waals surface area contributed by atoms with E-state index in [4.69, 9.17) is 5.11 Å². The van der Waals surface area contributed by atoms with E-state index in [1.165, 1.54) is 43.6 Å². The molecule has 0 bridgehead atoms. The number of rotatable bonds is 8. The number of hydrogen-bond acceptors (Lipinski definition) is 3. The molecular formula is C17H28N2O. The fourth-order valence-electron chi connectivity index (χ4n) is 2.75. The Morgan fingerprint density at radius 2 is 1.70 bits per heavy atom. The highest BCUT2D eigenvalue weighted by molar-refractivity contribution is 5.44. The van der Waals surface area contributed by atoms with E-state index in [1.54, 1.807) is 0 Å². The normalized spacial score (nSPS) is 16.2. The summed E-state index contributed by atoms with van der Waals surface area (Å²) in [6.07, 6.45) is 7.24. The zero-order chi connectivity index (χ0) is 14.0. The van der Waals surface area contributed by atoms with Crippen molar-refractivity contribution >= 4 is 5.69 Å². The molecule has 1 aliphatic rings.